The molecule has 5 N–H and O–H groups in total. The van der Waals surface area contributed by atoms with Crippen LogP contribution in [0.25, 0.3) is 0 Å². The minimum atomic E-state index is -0.406. The molecule has 0 bridgehead atoms. The lowest BCUT2D eigenvalue weighted by molar-refractivity contribution is 0.623. The third-order valence-electron chi connectivity index (χ3n) is 1.66. The second kappa shape index (κ2) is 6.78. The largest absolute Gasteiger partial charge is 0.382 e. The fourth-order valence-corrected chi connectivity index (χ4v) is 1.08. The maximum absolute atomic E-state index is 13.2. The Balaban J connectivity index is 0.000000921. The van der Waals surface area contributed by atoms with Gasteiger partial charge in [-0.25, -0.2) is 15.8 Å². The number of halogens is 1. The molecule has 0 aliphatic rings. The zero-order valence-corrected chi connectivity index (χ0v) is 9.21. The minimum absolute atomic E-state index is 0.0399. The van der Waals surface area contributed by atoms with Gasteiger partial charge < -0.3 is 5.73 Å². The molecule has 15 heavy (non-hydrogen) atoms. The summed E-state index contributed by atoms with van der Waals surface area (Å²) < 4.78 is 13.2. The average molecular weight is 212 g/mol. The molecule has 0 unspecified atom stereocenters. The van der Waals surface area contributed by atoms with Gasteiger partial charge in [0, 0.05) is 0 Å². The second-order valence-electron chi connectivity index (χ2n) is 2.56. The van der Waals surface area contributed by atoms with Crippen LogP contribution in [-0.2, 0) is 0 Å². The number of nitrogens with two attached hydrogens (primary N) is 2. The van der Waals surface area contributed by atoms with E-state index >= 15 is 0 Å². The average Bonchev–Trinajstić information content (AvgIpc) is 2.21. The van der Waals surface area contributed by atoms with Gasteiger partial charge in [-0.15, -0.1) is 5.10 Å². The monoisotopic (exact) mass is 212 g/mol. The van der Waals surface area contributed by atoms with Gasteiger partial charge in [0.05, 0.1) is 5.56 Å². The fourth-order valence-electron chi connectivity index (χ4n) is 1.08. The number of hydrogen-bond donors (Lipinski definition) is 3. The van der Waals surface area contributed by atoms with Crippen LogP contribution >= 0.6 is 0 Å². The summed E-state index contributed by atoms with van der Waals surface area (Å²) in [5.41, 5.74) is 8.49. The predicted octanol–water partition coefficient (Wildman–Crippen LogP) is 1.24. The van der Waals surface area contributed by atoms with E-state index in [-0.39, 0.29) is 11.4 Å². The Hall–Kier alpha value is -1.62. The molecule has 0 heterocycles. The summed E-state index contributed by atoms with van der Waals surface area (Å²) in [5, 5.41) is 3.50. The van der Waals surface area contributed by atoms with E-state index in [4.69, 9.17) is 11.6 Å². The van der Waals surface area contributed by atoms with E-state index in [9.17, 15) is 4.39 Å². The second-order valence-corrected chi connectivity index (χ2v) is 2.56. The van der Waals surface area contributed by atoms with Gasteiger partial charge >= 0.3 is 0 Å². The summed E-state index contributed by atoms with van der Waals surface area (Å²) in [4.78, 5) is 0. The topological polar surface area (TPSA) is 76.4 Å². The highest BCUT2D eigenvalue weighted by atomic mass is 19.1. The van der Waals surface area contributed by atoms with Gasteiger partial charge in [0.1, 0.15) is 5.82 Å². The van der Waals surface area contributed by atoms with Crippen LogP contribution < -0.4 is 17.1 Å². The van der Waals surface area contributed by atoms with Gasteiger partial charge in [-0.05, 0) is 18.6 Å². The van der Waals surface area contributed by atoms with E-state index in [0.717, 1.165) is 5.56 Å². The first-order chi connectivity index (χ1) is 7.16. The molecule has 0 aliphatic heterocycles. The highest BCUT2D eigenvalue weighted by Crippen LogP contribution is 2.11. The van der Waals surface area contributed by atoms with Crippen molar-refractivity contribution in [2.24, 2.45) is 16.7 Å². The normalized spacial score (nSPS) is 10.3. The molecule has 1 rings (SSSR count). The SMILES string of the molecule is CC.Cc1cccc(F)c1/C(N)=N/NN. The van der Waals surface area contributed by atoms with E-state index in [1.54, 1.807) is 19.1 Å². The maximum atomic E-state index is 13.2. The zero-order chi connectivity index (χ0) is 11.8. The van der Waals surface area contributed by atoms with Crippen molar-refractivity contribution < 1.29 is 4.39 Å². The van der Waals surface area contributed by atoms with Gasteiger partial charge in [-0.3, -0.25) is 0 Å². The lowest BCUT2D eigenvalue weighted by atomic mass is 10.1. The lowest BCUT2D eigenvalue weighted by Gasteiger charge is -2.05. The molecule has 0 amide bonds. The van der Waals surface area contributed by atoms with Crippen molar-refractivity contribution in [3.8, 4) is 0 Å². The van der Waals surface area contributed by atoms with Crippen molar-refractivity contribution in [3.63, 3.8) is 0 Å². The molecule has 0 atom stereocenters. The molecule has 4 nitrogen and oxygen atoms in total. The van der Waals surface area contributed by atoms with Crippen molar-refractivity contribution in [2.45, 2.75) is 20.8 Å². The van der Waals surface area contributed by atoms with Crippen LogP contribution in [0, 0.1) is 12.7 Å². The zero-order valence-electron chi connectivity index (χ0n) is 9.21. The smallest absolute Gasteiger partial charge is 0.155 e. The van der Waals surface area contributed by atoms with Crippen LogP contribution in [0.15, 0.2) is 23.3 Å². The van der Waals surface area contributed by atoms with Crippen LogP contribution in [0.2, 0.25) is 0 Å². The molecule has 0 aliphatic carbocycles. The first-order valence-corrected chi connectivity index (χ1v) is 4.71. The van der Waals surface area contributed by atoms with E-state index < -0.39 is 5.82 Å². The highest BCUT2D eigenvalue weighted by Gasteiger charge is 2.08. The van der Waals surface area contributed by atoms with Crippen LogP contribution in [0.1, 0.15) is 25.0 Å². The summed E-state index contributed by atoms with van der Waals surface area (Å²) in [6.07, 6.45) is 0. The van der Waals surface area contributed by atoms with E-state index in [2.05, 4.69) is 5.10 Å². The van der Waals surface area contributed by atoms with Crippen molar-refractivity contribution in [3.05, 3.63) is 35.1 Å². The van der Waals surface area contributed by atoms with Crippen LogP contribution in [0.4, 0.5) is 4.39 Å². The van der Waals surface area contributed by atoms with Crippen molar-refractivity contribution in [1.29, 1.82) is 0 Å². The molecule has 0 saturated heterocycles. The molecule has 1 aromatic carbocycles. The molecule has 0 radical (unpaired) electrons. The third kappa shape index (κ3) is 3.55. The van der Waals surface area contributed by atoms with Gasteiger partial charge in [0.25, 0.3) is 0 Å². The van der Waals surface area contributed by atoms with Crippen molar-refractivity contribution >= 4 is 5.84 Å². The summed E-state index contributed by atoms with van der Waals surface area (Å²) in [6, 6.07) is 4.68. The molecule has 1 aromatic rings. The summed E-state index contributed by atoms with van der Waals surface area (Å²) in [5.74, 6) is 4.56. The Morgan fingerprint density at radius 1 is 1.40 bits per heavy atom. The van der Waals surface area contributed by atoms with E-state index in [0.29, 0.717) is 0 Å². The number of hydrogen-bond acceptors (Lipinski definition) is 3. The van der Waals surface area contributed by atoms with Gasteiger partial charge in [-0.1, -0.05) is 26.0 Å². The number of amidine groups is 1. The summed E-state index contributed by atoms with van der Waals surface area (Å²) in [6.45, 7) is 5.75. The van der Waals surface area contributed by atoms with Crippen LogP contribution in [0.3, 0.4) is 0 Å². The maximum Gasteiger partial charge on any atom is 0.155 e. The number of hydrazine groups is 1. The van der Waals surface area contributed by atoms with Gasteiger partial charge in [0.2, 0.25) is 0 Å². The number of hydrazone groups is 1. The van der Waals surface area contributed by atoms with Crippen LogP contribution in [-0.4, -0.2) is 5.84 Å². The molecular weight excluding hydrogens is 195 g/mol. The molecule has 84 valence electrons. The molecule has 0 fully saturated rings. The first kappa shape index (κ1) is 13.4. The fraction of sp³-hybridized carbons (Fsp3) is 0.300. The number of aryl methyl sites for hydroxylation is 1. The van der Waals surface area contributed by atoms with Crippen molar-refractivity contribution in [2.75, 3.05) is 0 Å². The molecule has 0 aromatic heterocycles. The number of nitrogens with zero attached hydrogens (tertiary/aromatic N) is 1. The standard InChI is InChI=1S/C8H11FN4.C2H6/c1-5-3-2-4-6(9)7(5)8(10)12-13-11;1-2/h2-4,13H,11H2,1H3,(H2,10,12);1-2H3. The highest BCUT2D eigenvalue weighted by molar-refractivity contribution is 5.98. The van der Waals surface area contributed by atoms with Gasteiger partial charge in [-0.2, -0.15) is 0 Å². The van der Waals surface area contributed by atoms with E-state index in [1.165, 1.54) is 6.07 Å². The molecular formula is C10H17FN4. The third-order valence-corrected chi connectivity index (χ3v) is 1.66. The quantitative estimate of drug-likeness (QED) is 0.299. The minimum Gasteiger partial charge on any atom is -0.382 e. The first-order valence-electron chi connectivity index (χ1n) is 4.71. The number of benzene rings is 1. The Bertz CT molecular complexity index is 316. The van der Waals surface area contributed by atoms with Gasteiger partial charge in [0.15, 0.2) is 5.84 Å². The van der Waals surface area contributed by atoms with E-state index in [1.807, 2.05) is 19.4 Å². The Morgan fingerprint density at radius 3 is 2.47 bits per heavy atom. The lowest BCUT2D eigenvalue weighted by Crippen LogP contribution is -2.24. The molecule has 5 heteroatoms. The Labute approximate surface area is 89.1 Å². The van der Waals surface area contributed by atoms with Crippen molar-refractivity contribution in [1.82, 2.24) is 5.53 Å². The molecule has 0 spiro atoms. The predicted molar refractivity (Wildman–Crippen MR) is 60.5 cm³/mol. The Morgan fingerprint density at radius 2 is 2.00 bits per heavy atom. The van der Waals surface area contributed by atoms with Crippen LogP contribution in [0.5, 0.6) is 0 Å². The number of nitrogens with one attached hydrogen (secondary N) is 1. The summed E-state index contributed by atoms with van der Waals surface area (Å²) >= 11 is 0. The summed E-state index contributed by atoms with van der Waals surface area (Å²) in [7, 11) is 0. The number of rotatable bonds is 2. The molecule has 0 saturated carbocycles. The Kier molecular flexibility index (Phi) is 6.05.